The van der Waals surface area contributed by atoms with Crippen molar-refractivity contribution in [2.45, 2.75) is 13.3 Å². The van der Waals surface area contributed by atoms with Crippen LogP contribution < -0.4 is 9.47 Å². The first-order chi connectivity index (χ1) is 9.26. The molecule has 0 N–H and O–H groups in total. The van der Waals surface area contributed by atoms with Crippen LogP contribution in [0.1, 0.15) is 23.7 Å². The summed E-state index contributed by atoms with van der Waals surface area (Å²) in [5, 5.41) is 8.60. The molecule has 100 valence electrons. The minimum absolute atomic E-state index is 0.0882. The summed E-state index contributed by atoms with van der Waals surface area (Å²) in [6, 6.07) is 7.23. The Kier molecular flexibility index (Phi) is 4.24. The number of nitriles is 1. The van der Waals surface area contributed by atoms with Crippen LogP contribution in [0.4, 0.5) is 0 Å². The molecular weight excluding hydrogens is 244 g/mol. The summed E-state index contributed by atoms with van der Waals surface area (Å²) in [5.74, 6) is 1.19. The highest BCUT2D eigenvalue weighted by atomic mass is 16.6. The minimum Gasteiger partial charge on any atom is -0.486 e. The van der Waals surface area contributed by atoms with E-state index in [1.807, 2.05) is 6.92 Å². The van der Waals surface area contributed by atoms with Crippen LogP contribution in [0.5, 0.6) is 11.5 Å². The van der Waals surface area contributed by atoms with Crippen molar-refractivity contribution in [3.05, 3.63) is 23.8 Å². The van der Waals surface area contributed by atoms with Crippen molar-refractivity contribution in [2.24, 2.45) is 0 Å². The molecule has 0 bridgehead atoms. The quantitative estimate of drug-likeness (QED) is 0.828. The summed E-state index contributed by atoms with van der Waals surface area (Å²) in [6.45, 7) is 3.95. The molecule has 1 aliphatic rings. The van der Waals surface area contributed by atoms with E-state index in [2.05, 4.69) is 6.07 Å². The van der Waals surface area contributed by atoms with Gasteiger partial charge in [-0.15, -0.1) is 0 Å². The maximum Gasteiger partial charge on any atom is 0.254 e. The van der Waals surface area contributed by atoms with E-state index >= 15 is 0 Å². The van der Waals surface area contributed by atoms with Gasteiger partial charge in [0.05, 0.1) is 12.5 Å². The first-order valence-electron chi connectivity index (χ1n) is 6.32. The summed E-state index contributed by atoms with van der Waals surface area (Å²) in [5.41, 5.74) is 0.559. The van der Waals surface area contributed by atoms with Gasteiger partial charge in [-0.3, -0.25) is 4.79 Å². The number of fused-ring (bicyclic) bond motifs is 1. The lowest BCUT2D eigenvalue weighted by Crippen LogP contribution is -2.31. The van der Waals surface area contributed by atoms with Crippen molar-refractivity contribution in [1.82, 2.24) is 4.90 Å². The van der Waals surface area contributed by atoms with E-state index in [0.717, 1.165) is 0 Å². The number of hydrogen-bond donors (Lipinski definition) is 0. The molecule has 0 aromatic heterocycles. The zero-order valence-corrected chi connectivity index (χ0v) is 10.9. The van der Waals surface area contributed by atoms with Crippen LogP contribution in [0, 0.1) is 11.3 Å². The van der Waals surface area contributed by atoms with Crippen molar-refractivity contribution < 1.29 is 14.3 Å². The second-order valence-electron chi connectivity index (χ2n) is 4.15. The monoisotopic (exact) mass is 260 g/mol. The average molecular weight is 260 g/mol. The highest BCUT2D eigenvalue weighted by Crippen LogP contribution is 2.31. The van der Waals surface area contributed by atoms with E-state index in [1.54, 1.807) is 23.1 Å². The SMILES string of the molecule is CCN(CCC#N)C(=O)c1ccc2c(c1)OCCO2. The van der Waals surface area contributed by atoms with Crippen molar-refractivity contribution in [1.29, 1.82) is 5.26 Å². The molecule has 0 saturated carbocycles. The highest BCUT2D eigenvalue weighted by Gasteiger charge is 2.18. The Hall–Kier alpha value is -2.22. The topological polar surface area (TPSA) is 62.6 Å². The second-order valence-corrected chi connectivity index (χ2v) is 4.15. The van der Waals surface area contributed by atoms with Gasteiger partial charge in [0.15, 0.2) is 11.5 Å². The number of hydrogen-bond acceptors (Lipinski definition) is 4. The molecule has 19 heavy (non-hydrogen) atoms. The van der Waals surface area contributed by atoms with Gasteiger partial charge in [0.25, 0.3) is 5.91 Å². The van der Waals surface area contributed by atoms with Gasteiger partial charge in [0.2, 0.25) is 0 Å². The van der Waals surface area contributed by atoms with Crippen LogP contribution in [0.15, 0.2) is 18.2 Å². The maximum atomic E-state index is 12.3. The molecule has 0 spiro atoms. The van der Waals surface area contributed by atoms with Crippen molar-refractivity contribution in [2.75, 3.05) is 26.3 Å². The van der Waals surface area contributed by atoms with Gasteiger partial charge in [0.1, 0.15) is 13.2 Å². The molecule has 1 amide bonds. The number of ether oxygens (including phenoxy) is 2. The lowest BCUT2D eigenvalue weighted by molar-refractivity contribution is 0.0766. The predicted molar refractivity (Wildman–Crippen MR) is 69.2 cm³/mol. The molecule has 0 saturated heterocycles. The first kappa shape index (κ1) is 13.2. The molecule has 1 aromatic rings. The van der Waals surface area contributed by atoms with E-state index in [9.17, 15) is 4.79 Å². The van der Waals surface area contributed by atoms with Gasteiger partial charge >= 0.3 is 0 Å². The number of carbonyl (C=O) groups is 1. The summed E-state index contributed by atoms with van der Waals surface area (Å²) in [4.78, 5) is 13.9. The summed E-state index contributed by atoms with van der Waals surface area (Å²) in [7, 11) is 0. The Labute approximate surface area is 112 Å². The molecule has 0 unspecified atom stereocenters. The van der Waals surface area contributed by atoms with Crippen LogP contribution in [-0.2, 0) is 0 Å². The molecule has 1 heterocycles. The first-order valence-corrected chi connectivity index (χ1v) is 6.32. The van der Waals surface area contributed by atoms with Crippen molar-refractivity contribution in [3.63, 3.8) is 0 Å². The van der Waals surface area contributed by atoms with Gasteiger partial charge in [-0.05, 0) is 25.1 Å². The van der Waals surface area contributed by atoms with Crippen LogP contribution in [0.25, 0.3) is 0 Å². The van der Waals surface area contributed by atoms with Crippen LogP contribution in [0.3, 0.4) is 0 Å². The van der Waals surface area contributed by atoms with Gasteiger partial charge in [-0.1, -0.05) is 0 Å². The summed E-state index contributed by atoms with van der Waals surface area (Å²) >= 11 is 0. The minimum atomic E-state index is -0.0882. The molecule has 0 radical (unpaired) electrons. The van der Waals surface area contributed by atoms with E-state index in [4.69, 9.17) is 14.7 Å². The fourth-order valence-electron chi connectivity index (χ4n) is 1.95. The van der Waals surface area contributed by atoms with Crippen molar-refractivity contribution >= 4 is 5.91 Å². The van der Waals surface area contributed by atoms with Gasteiger partial charge in [-0.2, -0.15) is 5.26 Å². The van der Waals surface area contributed by atoms with Gasteiger partial charge in [0, 0.05) is 18.7 Å². The molecule has 0 atom stereocenters. The van der Waals surface area contributed by atoms with Crippen LogP contribution >= 0.6 is 0 Å². The van der Waals surface area contributed by atoms with E-state index in [1.165, 1.54) is 0 Å². The molecular formula is C14H16N2O3. The Bertz CT molecular complexity index is 508. The van der Waals surface area contributed by atoms with Gasteiger partial charge in [-0.25, -0.2) is 0 Å². The van der Waals surface area contributed by atoms with Crippen LogP contribution in [0.2, 0.25) is 0 Å². The number of rotatable bonds is 4. The lowest BCUT2D eigenvalue weighted by Gasteiger charge is -2.22. The van der Waals surface area contributed by atoms with Crippen molar-refractivity contribution in [3.8, 4) is 17.6 Å². The average Bonchev–Trinajstić information content (AvgIpc) is 2.47. The van der Waals surface area contributed by atoms with E-state index in [0.29, 0.717) is 49.8 Å². The summed E-state index contributed by atoms with van der Waals surface area (Å²) in [6.07, 6.45) is 0.337. The predicted octanol–water partition coefficient (Wildman–Crippen LogP) is 1.83. The molecule has 1 aliphatic heterocycles. The van der Waals surface area contributed by atoms with E-state index in [-0.39, 0.29) is 5.91 Å². The molecule has 5 heteroatoms. The fraction of sp³-hybridized carbons (Fsp3) is 0.429. The molecule has 2 rings (SSSR count). The molecule has 0 aliphatic carbocycles. The Balaban J connectivity index is 2.16. The zero-order valence-electron chi connectivity index (χ0n) is 10.9. The third kappa shape index (κ3) is 2.97. The van der Waals surface area contributed by atoms with Crippen LogP contribution in [-0.4, -0.2) is 37.1 Å². The molecule has 1 aromatic carbocycles. The normalized spacial score (nSPS) is 12.6. The molecule has 5 nitrogen and oxygen atoms in total. The maximum absolute atomic E-state index is 12.3. The number of benzene rings is 1. The summed E-state index contributed by atoms with van der Waals surface area (Å²) < 4.78 is 10.9. The molecule has 0 fully saturated rings. The Morgan fingerprint density at radius 1 is 1.37 bits per heavy atom. The zero-order chi connectivity index (χ0) is 13.7. The smallest absolute Gasteiger partial charge is 0.254 e. The number of amides is 1. The third-order valence-electron chi connectivity index (χ3n) is 2.95. The standard InChI is InChI=1S/C14H16N2O3/c1-2-16(7-3-6-15)14(17)11-4-5-12-13(10-11)19-9-8-18-12/h4-5,10H,2-3,7-9H2,1H3. The Morgan fingerprint density at radius 2 is 2.11 bits per heavy atom. The fourth-order valence-corrected chi connectivity index (χ4v) is 1.95. The number of nitrogens with zero attached hydrogens (tertiary/aromatic N) is 2. The van der Waals surface area contributed by atoms with E-state index < -0.39 is 0 Å². The largest absolute Gasteiger partial charge is 0.486 e. The third-order valence-corrected chi connectivity index (χ3v) is 2.95. The number of carbonyl (C=O) groups excluding carboxylic acids is 1. The Morgan fingerprint density at radius 3 is 2.79 bits per heavy atom. The highest BCUT2D eigenvalue weighted by molar-refractivity contribution is 5.95. The lowest BCUT2D eigenvalue weighted by atomic mass is 10.1. The van der Waals surface area contributed by atoms with Gasteiger partial charge < -0.3 is 14.4 Å². The second kappa shape index (κ2) is 6.10.